The van der Waals surface area contributed by atoms with Crippen molar-refractivity contribution in [3.63, 3.8) is 0 Å². The van der Waals surface area contributed by atoms with E-state index in [0.29, 0.717) is 12.2 Å². The number of hydrogen-bond donors (Lipinski definition) is 1. The van der Waals surface area contributed by atoms with Gasteiger partial charge in [-0.1, -0.05) is 12.1 Å². The standard InChI is InChI=1S/C13H11N3O2/c17-13(18)11-4-1-5-12(7-11)16-15-9-10-3-2-6-14-8-10/h1-8H,9H2,(H,17,18). The molecule has 0 aliphatic rings. The zero-order valence-electron chi connectivity index (χ0n) is 9.52. The van der Waals surface area contributed by atoms with Crippen LogP contribution in [0.1, 0.15) is 15.9 Å². The third-order valence-electron chi connectivity index (χ3n) is 2.26. The number of carbonyl (C=O) groups is 1. The van der Waals surface area contributed by atoms with Crippen molar-refractivity contribution in [2.24, 2.45) is 10.2 Å². The lowest BCUT2D eigenvalue weighted by Gasteiger charge is -1.96. The molecule has 0 fully saturated rings. The average molecular weight is 241 g/mol. The fourth-order valence-electron chi connectivity index (χ4n) is 1.39. The van der Waals surface area contributed by atoms with Gasteiger partial charge in [0, 0.05) is 12.4 Å². The Hall–Kier alpha value is -2.56. The van der Waals surface area contributed by atoms with Gasteiger partial charge in [-0.05, 0) is 29.8 Å². The molecule has 0 amide bonds. The molecule has 0 aliphatic heterocycles. The molecule has 18 heavy (non-hydrogen) atoms. The summed E-state index contributed by atoms with van der Waals surface area (Å²) in [6.45, 7) is 0.422. The molecular formula is C13H11N3O2. The van der Waals surface area contributed by atoms with Gasteiger partial charge >= 0.3 is 5.97 Å². The van der Waals surface area contributed by atoms with E-state index in [1.165, 1.54) is 12.1 Å². The zero-order chi connectivity index (χ0) is 12.8. The molecule has 1 aromatic heterocycles. The molecule has 1 N–H and O–H groups in total. The summed E-state index contributed by atoms with van der Waals surface area (Å²) >= 11 is 0. The molecule has 2 aromatic rings. The van der Waals surface area contributed by atoms with E-state index in [1.54, 1.807) is 24.5 Å². The second-order valence-electron chi connectivity index (χ2n) is 3.62. The van der Waals surface area contributed by atoms with E-state index < -0.39 is 5.97 Å². The maximum absolute atomic E-state index is 10.8. The number of azo groups is 1. The molecule has 5 nitrogen and oxygen atoms in total. The zero-order valence-corrected chi connectivity index (χ0v) is 9.52. The predicted octanol–water partition coefficient (Wildman–Crippen LogP) is 3.06. The lowest BCUT2D eigenvalue weighted by atomic mass is 10.2. The Bertz CT molecular complexity index is 567. The third kappa shape index (κ3) is 3.21. The van der Waals surface area contributed by atoms with Crippen molar-refractivity contribution in [3.05, 3.63) is 59.9 Å². The van der Waals surface area contributed by atoms with E-state index in [2.05, 4.69) is 15.2 Å². The maximum atomic E-state index is 10.8. The number of aromatic carboxylic acids is 1. The Kier molecular flexibility index (Phi) is 3.76. The van der Waals surface area contributed by atoms with E-state index in [0.717, 1.165) is 5.56 Å². The van der Waals surface area contributed by atoms with E-state index in [9.17, 15) is 4.79 Å². The number of rotatable bonds is 4. The fourth-order valence-corrected chi connectivity index (χ4v) is 1.39. The Labute approximate surface area is 104 Å². The minimum absolute atomic E-state index is 0.202. The van der Waals surface area contributed by atoms with Crippen LogP contribution in [-0.2, 0) is 6.54 Å². The maximum Gasteiger partial charge on any atom is 0.335 e. The van der Waals surface area contributed by atoms with E-state index in [-0.39, 0.29) is 5.56 Å². The number of carboxylic acid groups (broad SMARTS) is 1. The first-order valence-corrected chi connectivity index (χ1v) is 5.35. The summed E-state index contributed by atoms with van der Waals surface area (Å²) in [4.78, 5) is 14.7. The van der Waals surface area contributed by atoms with E-state index >= 15 is 0 Å². The molecule has 0 unspecified atom stereocenters. The van der Waals surface area contributed by atoms with Gasteiger partial charge in [0.05, 0.1) is 17.8 Å². The number of hydrogen-bond acceptors (Lipinski definition) is 4. The van der Waals surface area contributed by atoms with Crippen LogP contribution in [0.3, 0.4) is 0 Å². The molecule has 0 spiro atoms. The first kappa shape index (κ1) is 11.9. The van der Waals surface area contributed by atoms with Crippen LogP contribution < -0.4 is 0 Å². The lowest BCUT2D eigenvalue weighted by Crippen LogP contribution is -1.94. The highest BCUT2D eigenvalue weighted by Gasteiger charge is 2.01. The predicted molar refractivity (Wildman–Crippen MR) is 65.9 cm³/mol. The van der Waals surface area contributed by atoms with Gasteiger partial charge in [0.25, 0.3) is 0 Å². The highest BCUT2D eigenvalue weighted by molar-refractivity contribution is 5.88. The average Bonchev–Trinajstić information content (AvgIpc) is 2.40. The number of benzene rings is 1. The largest absolute Gasteiger partial charge is 0.478 e. The second-order valence-corrected chi connectivity index (χ2v) is 3.62. The first-order valence-electron chi connectivity index (χ1n) is 5.35. The molecule has 5 heteroatoms. The number of pyridine rings is 1. The Balaban J connectivity index is 2.05. The SMILES string of the molecule is O=C(O)c1cccc(N=NCc2cccnc2)c1. The van der Waals surface area contributed by atoms with Gasteiger partial charge in [-0.3, -0.25) is 4.98 Å². The van der Waals surface area contributed by atoms with Crippen LogP contribution in [0, 0.1) is 0 Å². The van der Waals surface area contributed by atoms with Crippen molar-refractivity contribution in [2.45, 2.75) is 6.54 Å². The van der Waals surface area contributed by atoms with Crippen molar-refractivity contribution >= 4 is 11.7 Å². The van der Waals surface area contributed by atoms with Gasteiger partial charge < -0.3 is 5.11 Å². The molecular weight excluding hydrogens is 230 g/mol. The minimum Gasteiger partial charge on any atom is -0.478 e. The highest BCUT2D eigenvalue weighted by Crippen LogP contribution is 2.15. The number of carboxylic acids is 1. The van der Waals surface area contributed by atoms with Crippen LogP contribution in [0.15, 0.2) is 59.0 Å². The summed E-state index contributed by atoms with van der Waals surface area (Å²) in [5.74, 6) is -0.973. The molecule has 0 saturated heterocycles. The minimum atomic E-state index is -0.973. The van der Waals surface area contributed by atoms with Gasteiger partial charge in [0.15, 0.2) is 0 Å². The summed E-state index contributed by atoms with van der Waals surface area (Å²) in [5, 5.41) is 16.8. The van der Waals surface area contributed by atoms with E-state index in [1.807, 2.05) is 12.1 Å². The monoisotopic (exact) mass is 241 g/mol. The summed E-state index contributed by atoms with van der Waals surface area (Å²) in [7, 11) is 0. The van der Waals surface area contributed by atoms with Crippen LogP contribution >= 0.6 is 0 Å². The highest BCUT2D eigenvalue weighted by atomic mass is 16.4. The molecule has 1 heterocycles. The topological polar surface area (TPSA) is 74.9 Å². The second kappa shape index (κ2) is 5.67. The molecule has 0 aliphatic carbocycles. The van der Waals surface area contributed by atoms with Gasteiger partial charge in [-0.25, -0.2) is 4.79 Å². The van der Waals surface area contributed by atoms with Gasteiger partial charge in [0.1, 0.15) is 0 Å². The normalized spacial score (nSPS) is 10.7. The summed E-state index contributed by atoms with van der Waals surface area (Å²) in [6.07, 6.45) is 3.41. The van der Waals surface area contributed by atoms with Crippen LogP contribution in [0.2, 0.25) is 0 Å². The quantitative estimate of drug-likeness (QED) is 0.836. The van der Waals surface area contributed by atoms with Gasteiger partial charge in [-0.15, -0.1) is 0 Å². The Morgan fingerprint density at radius 3 is 2.89 bits per heavy atom. The van der Waals surface area contributed by atoms with Crippen molar-refractivity contribution in [1.82, 2.24) is 4.98 Å². The Morgan fingerprint density at radius 1 is 1.28 bits per heavy atom. The van der Waals surface area contributed by atoms with Crippen LogP contribution in [0.5, 0.6) is 0 Å². The third-order valence-corrected chi connectivity index (χ3v) is 2.26. The molecule has 0 saturated carbocycles. The molecule has 2 rings (SSSR count). The van der Waals surface area contributed by atoms with Crippen molar-refractivity contribution in [2.75, 3.05) is 0 Å². The molecule has 90 valence electrons. The van der Waals surface area contributed by atoms with Crippen molar-refractivity contribution in [3.8, 4) is 0 Å². The fraction of sp³-hybridized carbons (Fsp3) is 0.0769. The van der Waals surface area contributed by atoms with Crippen molar-refractivity contribution in [1.29, 1.82) is 0 Å². The molecule has 1 aromatic carbocycles. The number of nitrogens with zero attached hydrogens (tertiary/aromatic N) is 3. The molecule has 0 atom stereocenters. The van der Waals surface area contributed by atoms with Crippen LogP contribution in [0.4, 0.5) is 5.69 Å². The Morgan fingerprint density at radius 2 is 2.17 bits per heavy atom. The molecule has 0 bridgehead atoms. The van der Waals surface area contributed by atoms with Gasteiger partial charge in [0.2, 0.25) is 0 Å². The van der Waals surface area contributed by atoms with Gasteiger partial charge in [-0.2, -0.15) is 10.2 Å². The summed E-state index contributed by atoms with van der Waals surface area (Å²) in [6, 6.07) is 10.1. The van der Waals surface area contributed by atoms with Crippen molar-refractivity contribution < 1.29 is 9.90 Å². The lowest BCUT2D eigenvalue weighted by molar-refractivity contribution is 0.0697. The number of aromatic nitrogens is 1. The smallest absolute Gasteiger partial charge is 0.335 e. The molecule has 0 radical (unpaired) electrons. The first-order chi connectivity index (χ1) is 8.75. The van der Waals surface area contributed by atoms with E-state index in [4.69, 9.17) is 5.11 Å². The summed E-state index contributed by atoms with van der Waals surface area (Å²) < 4.78 is 0. The van der Waals surface area contributed by atoms with Crippen LogP contribution in [0.25, 0.3) is 0 Å². The summed E-state index contributed by atoms with van der Waals surface area (Å²) in [5.41, 5.74) is 1.68. The van der Waals surface area contributed by atoms with Crippen LogP contribution in [-0.4, -0.2) is 16.1 Å².